The van der Waals surface area contributed by atoms with Crippen LogP contribution in [0.1, 0.15) is 32.1 Å². The molecule has 2 unspecified atom stereocenters. The average Bonchev–Trinajstić information content (AvgIpc) is 3.20. The number of aliphatic hydroxyl groups is 1. The Morgan fingerprint density at radius 2 is 1.96 bits per heavy atom. The van der Waals surface area contributed by atoms with Crippen molar-refractivity contribution in [2.75, 3.05) is 33.3 Å². The number of amides is 2. The maximum absolute atomic E-state index is 13.1. The highest BCUT2D eigenvalue weighted by atomic mass is 16.5. The van der Waals surface area contributed by atoms with E-state index in [0.717, 1.165) is 17.7 Å². The second-order valence-corrected chi connectivity index (χ2v) is 7.74. The Balaban J connectivity index is 1.59. The molecule has 2 amide bonds. The van der Waals surface area contributed by atoms with Gasteiger partial charge in [-0.05, 0) is 19.3 Å². The molecule has 4 aliphatic rings. The van der Waals surface area contributed by atoms with Gasteiger partial charge in [0.2, 0.25) is 5.91 Å². The third kappa shape index (κ3) is 2.50. The zero-order valence-corrected chi connectivity index (χ0v) is 14.5. The van der Waals surface area contributed by atoms with Crippen LogP contribution < -0.4 is 0 Å². The molecule has 2 atom stereocenters. The summed E-state index contributed by atoms with van der Waals surface area (Å²) in [5.74, 6) is -1.31. The number of methoxy groups -OCH3 is 1. The molecule has 4 fully saturated rings. The Bertz CT molecular complexity index is 597. The van der Waals surface area contributed by atoms with Crippen molar-refractivity contribution < 1.29 is 24.2 Å². The molecular weight excluding hydrogens is 326 g/mol. The Hall–Kier alpha value is -1.51. The van der Waals surface area contributed by atoms with E-state index in [-0.39, 0.29) is 12.5 Å². The van der Waals surface area contributed by atoms with Crippen LogP contribution >= 0.6 is 0 Å². The second-order valence-electron chi connectivity index (χ2n) is 7.74. The molecular formula is C17H25N3O5. The van der Waals surface area contributed by atoms with Crippen LogP contribution in [0.2, 0.25) is 0 Å². The lowest BCUT2D eigenvalue weighted by Gasteiger charge is -2.59. The van der Waals surface area contributed by atoms with Crippen molar-refractivity contribution in [2.45, 2.75) is 55.8 Å². The van der Waals surface area contributed by atoms with Crippen molar-refractivity contribution >= 4 is 17.8 Å². The van der Waals surface area contributed by atoms with Crippen LogP contribution in [-0.4, -0.2) is 94.6 Å². The van der Waals surface area contributed by atoms with Gasteiger partial charge in [-0.15, -0.1) is 0 Å². The molecule has 25 heavy (non-hydrogen) atoms. The van der Waals surface area contributed by atoms with Gasteiger partial charge in [-0.2, -0.15) is 0 Å². The zero-order valence-electron chi connectivity index (χ0n) is 14.5. The molecule has 0 aromatic carbocycles. The summed E-state index contributed by atoms with van der Waals surface area (Å²) in [6.45, 7) is 1.14. The third-order valence-corrected chi connectivity index (χ3v) is 6.31. The summed E-state index contributed by atoms with van der Waals surface area (Å²) in [7, 11) is 1.24. The van der Waals surface area contributed by atoms with E-state index in [1.165, 1.54) is 20.0 Å². The van der Waals surface area contributed by atoms with E-state index in [0.29, 0.717) is 32.1 Å². The van der Waals surface area contributed by atoms with Crippen molar-refractivity contribution in [3.63, 3.8) is 0 Å². The fraction of sp³-hybridized carbons (Fsp3) is 0.824. The molecule has 1 aliphatic carbocycles. The predicted molar refractivity (Wildman–Crippen MR) is 86.4 cm³/mol. The fourth-order valence-corrected chi connectivity index (χ4v) is 4.99. The molecule has 1 N–H and O–H groups in total. The molecule has 0 bridgehead atoms. The van der Waals surface area contributed by atoms with Crippen LogP contribution in [0.3, 0.4) is 0 Å². The second kappa shape index (κ2) is 6.03. The van der Waals surface area contributed by atoms with Crippen LogP contribution in [0.25, 0.3) is 0 Å². The summed E-state index contributed by atoms with van der Waals surface area (Å²) < 4.78 is 4.65. The molecule has 0 radical (unpaired) electrons. The Morgan fingerprint density at radius 1 is 1.28 bits per heavy atom. The van der Waals surface area contributed by atoms with Gasteiger partial charge in [0.25, 0.3) is 5.91 Å². The number of fused-ring (bicyclic) bond motifs is 2. The molecule has 1 spiro atoms. The monoisotopic (exact) mass is 351 g/mol. The first-order valence-corrected chi connectivity index (χ1v) is 9.08. The topological polar surface area (TPSA) is 90.4 Å². The molecule has 3 saturated heterocycles. The number of carbonyl (C=O) groups is 3. The van der Waals surface area contributed by atoms with Gasteiger partial charge in [-0.3, -0.25) is 29.1 Å². The van der Waals surface area contributed by atoms with E-state index >= 15 is 0 Å². The smallest absolute Gasteiger partial charge is 0.325 e. The lowest BCUT2D eigenvalue weighted by molar-refractivity contribution is -0.184. The van der Waals surface area contributed by atoms with Gasteiger partial charge in [0.15, 0.2) is 0 Å². The molecule has 3 aliphatic heterocycles. The Kier molecular flexibility index (Phi) is 4.09. The fourth-order valence-electron chi connectivity index (χ4n) is 4.99. The van der Waals surface area contributed by atoms with E-state index in [2.05, 4.69) is 9.64 Å². The Labute approximate surface area is 146 Å². The maximum Gasteiger partial charge on any atom is 0.325 e. The van der Waals surface area contributed by atoms with Gasteiger partial charge in [0, 0.05) is 25.7 Å². The van der Waals surface area contributed by atoms with E-state index in [9.17, 15) is 19.5 Å². The molecule has 8 nitrogen and oxygen atoms in total. The summed E-state index contributed by atoms with van der Waals surface area (Å²) in [4.78, 5) is 42.8. The van der Waals surface area contributed by atoms with Crippen LogP contribution in [0.4, 0.5) is 0 Å². The van der Waals surface area contributed by atoms with Crippen LogP contribution in [0.5, 0.6) is 0 Å². The van der Waals surface area contributed by atoms with Gasteiger partial charge < -0.3 is 9.84 Å². The highest BCUT2D eigenvalue weighted by Crippen LogP contribution is 2.42. The minimum Gasteiger partial charge on any atom is -0.468 e. The molecule has 0 aromatic heterocycles. The van der Waals surface area contributed by atoms with Crippen molar-refractivity contribution in [3.8, 4) is 0 Å². The van der Waals surface area contributed by atoms with E-state index in [4.69, 9.17) is 0 Å². The largest absolute Gasteiger partial charge is 0.468 e. The number of esters is 1. The van der Waals surface area contributed by atoms with E-state index in [1.807, 2.05) is 4.90 Å². The van der Waals surface area contributed by atoms with Crippen LogP contribution in [0.15, 0.2) is 0 Å². The predicted octanol–water partition coefficient (Wildman–Crippen LogP) is -1.04. The number of β-amino-alcohol motifs (C(OH)–C–C–N with tert-alkyl or cyclic N) is 1. The van der Waals surface area contributed by atoms with Crippen LogP contribution in [-0.2, 0) is 19.1 Å². The van der Waals surface area contributed by atoms with Gasteiger partial charge in [-0.25, -0.2) is 0 Å². The van der Waals surface area contributed by atoms with Gasteiger partial charge in [0.1, 0.15) is 12.1 Å². The number of ether oxygens (including phenoxy) is 1. The SMILES string of the molecule is COC(=O)CN1C(=O)C2CC(O)CN2C2(CN(C3CCCC3)C2)C1=O. The molecule has 138 valence electrons. The molecule has 1 saturated carbocycles. The zero-order chi connectivity index (χ0) is 17.8. The number of rotatable bonds is 3. The number of nitrogens with zero attached hydrogens (tertiary/aromatic N) is 3. The summed E-state index contributed by atoms with van der Waals surface area (Å²) in [5.41, 5.74) is -0.785. The van der Waals surface area contributed by atoms with Gasteiger partial charge in [0.05, 0.1) is 19.3 Å². The van der Waals surface area contributed by atoms with Crippen molar-refractivity contribution in [1.29, 1.82) is 0 Å². The average molecular weight is 351 g/mol. The van der Waals surface area contributed by atoms with Crippen molar-refractivity contribution in [3.05, 3.63) is 0 Å². The maximum atomic E-state index is 13.1. The number of imide groups is 1. The lowest BCUT2D eigenvalue weighted by Crippen LogP contribution is -2.82. The van der Waals surface area contributed by atoms with E-state index < -0.39 is 29.6 Å². The molecule has 8 heteroatoms. The van der Waals surface area contributed by atoms with Crippen molar-refractivity contribution in [2.24, 2.45) is 0 Å². The number of piperazine rings is 1. The molecule has 4 rings (SSSR count). The van der Waals surface area contributed by atoms with Crippen LogP contribution in [0, 0.1) is 0 Å². The Morgan fingerprint density at radius 3 is 2.60 bits per heavy atom. The normalized spacial score (nSPS) is 33.0. The molecule has 0 aromatic rings. The summed E-state index contributed by atoms with van der Waals surface area (Å²) >= 11 is 0. The lowest BCUT2D eigenvalue weighted by atomic mass is 9.81. The number of aliphatic hydroxyl groups excluding tert-OH is 1. The number of carbonyl (C=O) groups excluding carboxylic acids is 3. The third-order valence-electron chi connectivity index (χ3n) is 6.31. The van der Waals surface area contributed by atoms with Crippen molar-refractivity contribution in [1.82, 2.24) is 14.7 Å². The number of hydrogen-bond acceptors (Lipinski definition) is 7. The highest BCUT2D eigenvalue weighted by Gasteiger charge is 2.65. The quantitative estimate of drug-likeness (QED) is 0.513. The van der Waals surface area contributed by atoms with Gasteiger partial charge >= 0.3 is 5.97 Å². The standard InChI is InChI=1S/C17H25N3O5/c1-25-14(22)8-19-15(23)13-6-12(21)7-20(13)17(16(19)24)9-18(10-17)11-4-2-3-5-11/h11-13,21H,2-10H2,1H3. The van der Waals surface area contributed by atoms with Gasteiger partial charge in [-0.1, -0.05) is 12.8 Å². The highest BCUT2D eigenvalue weighted by molar-refractivity contribution is 6.07. The first-order chi connectivity index (χ1) is 12.0. The first kappa shape index (κ1) is 16.9. The first-order valence-electron chi connectivity index (χ1n) is 9.08. The summed E-state index contributed by atoms with van der Waals surface area (Å²) in [6.07, 6.45) is 4.45. The minimum atomic E-state index is -0.785. The van der Waals surface area contributed by atoms with E-state index in [1.54, 1.807) is 0 Å². The minimum absolute atomic E-state index is 0.314. The summed E-state index contributed by atoms with van der Waals surface area (Å²) in [5, 5.41) is 10.1. The number of likely N-dealkylation sites (tertiary alicyclic amines) is 1. The molecule has 3 heterocycles. The number of hydrogen-bond donors (Lipinski definition) is 1. The summed E-state index contributed by atoms with van der Waals surface area (Å²) in [6, 6.07) is -0.0147.